The van der Waals surface area contributed by atoms with E-state index in [-0.39, 0.29) is 0 Å². The molecular weight excluding hydrogens is 222 g/mol. The third-order valence-corrected chi connectivity index (χ3v) is 1.92. The van der Waals surface area contributed by atoms with Crippen molar-refractivity contribution < 1.29 is 9.47 Å². The van der Waals surface area contributed by atoms with E-state index in [1.165, 1.54) is 20.4 Å². The van der Waals surface area contributed by atoms with E-state index >= 15 is 0 Å². The molecule has 0 atom stereocenters. The zero-order chi connectivity index (χ0) is 12.1. The van der Waals surface area contributed by atoms with Gasteiger partial charge in [0.25, 0.3) is 11.8 Å². The van der Waals surface area contributed by atoms with Crippen LogP contribution < -0.4 is 14.8 Å². The van der Waals surface area contributed by atoms with Gasteiger partial charge >= 0.3 is 0 Å². The maximum atomic E-state index is 5.04. The first kappa shape index (κ1) is 11.1. The molecule has 0 fully saturated rings. The van der Waals surface area contributed by atoms with E-state index < -0.39 is 0 Å². The molecule has 0 amide bonds. The fourth-order valence-corrected chi connectivity index (χ4v) is 1.19. The summed E-state index contributed by atoms with van der Waals surface area (Å²) in [7, 11) is 3.00. The Morgan fingerprint density at radius 1 is 0.941 bits per heavy atom. The number of hydrogen-bond donors (Lipinski definition) is 1. The number of nitrogens with one attached hydrogen (secondary N) is 1. The van der Waals surface area contributed by atoms with Gasteiger partial charge in [-0.1, -0.05) is 0 Å². The highest BCUT2D eigenvalue weighted by molar-refractivity contribution is 5.50. The topological polar surface area (TPSA) is 82.0 Å². The first-order valence-corrected chi connectivity index (χ1v) is 4.81. The maximum absolute atomic E-state index is 5.04. The zero-order valence-corrected chi connectivity index (χ0v) is 9.41. The second-order valence-corrected chi connectivity index (χ2v) is 2.99. The van der Waals surface area contributed by atoms with Crippen LogP contribution in [0.5, 0.6) is 11.8 Å². The van der Waals surface area contributed by atoms with Crippen molar-refractivity contribution in [2.75, 3.05) is 19.5 Å². The van der Waals surface area contributed by atoms with Crippen molar-refractivity contribution in [1.82, 2.24) is 19.9 Å². The van der Waals surface area contributed by atoms with Gasteiger partial charge in [-0.3, -0.25) is 4.98 Å². The van der Waals surface area contributed by atoms with Crippen LogP contribution in [-0.2, 0) is 0 Å². The minimum atomic E-state index is 0.307. The van der Waals surface area contributed by atoms with Crippen LogP contribution >= 0.6 is 0 Å². The van der Waals surface area contributed by atoms with Crippen LogP contribution in [0.25, 0.3) is 0 Å². The van der Waals surface area contributed by atoms with E-state index in [4.69, 9.17) is 9.47 Å². The Kier molecular flexibility index (Phi) is 3.29. The van der Waals surface area contributed by atoms with E-state index in [0.29, 0.717) is 23.4 Å². The number of ether oxygens (including phenoxy) is 2. The first-order valence-electron chi connectivity index (χ1n) is 4.81. The monoisotopic (exact) mass is 233 g/mol. The lowest BCUT2D eigenvalue weighted by molar-refractivity contribution is 0.332. The smallest absolute Gasteiger partial charge is 0.279 e. The predicted octanol–water partition coefficient (Wildman–Crippen LogP) is 1.03. The molecule has 0 radical (unpaired) electrons. The molecule has 0 bridgehead atoms. The molecule has 7 nitrogen and oxygen atoms in total. The number of rotatable bonds is 4. The average molecular weight is 233 g/mol. The second-order valence-electron chi connectivity index (χ2n) is 2.99. The Morgan fingerprint density at radius 3 is 2.41 bits per heavy atom. The summed E-state index contributed by atoms with van der Waals surface area (Å²) in [6.07, 6.45) is 6.27. The van der Waals surface area contributed by atoms with Crippen molar-refractivity contribution in [3.8, 4) is 11.8 Å². The highest BCUT2D eigenvalue weighted by Gasteiger charge is 2.08. The fraction of sp³-hybridized carbons (Fsp3) is 0.200. The summed E-state index contributed by atoms with van der Waals surface area (Å²) in [6.45, 7) is 0. The lowest BCUT2D eigenvalue weighted by Crippen LogP contribution is -2.01. The fourth-order valence-electron chi connectivity index (χ4n) is 1.19. The molecule has 0 aromatic carbocycles. The molecule has 2 aromatic heterocycles. The Hall–Kier alpha value is -2.44. The minimum Gasteiger partial charge on any atom is -0.477 e. The summed E-state index contributed by atoms with van der Waals surface area (Å²) in [5.74, 6) is 1.72. The summed E-state index contributed by atoms with van der Waals surface area (Å²) in [6, 6.07) is 0. The number of nitrogens with zero attached hydrogens (tertiary/aromatic N) is 4. The quantitative estimate of drug-likeness (QED) is 0.844. The van der Waals surface area contributed by atoms with Gasteiger partial charge in [0.1, 0.15) is 5.82 Å². The van der Waals surface area contributed by atoms with E-state index in [1.54, 1.807) is 18.6 Å². The van der Waals surface area contributed by atoms with Gasteiger partial charge in [0.2, 0.25) is 0 Å². The lowest BCUT2D eigenvalue weighted by atomic mass is 10.5. The number of anilines is 2. The second kappa shape index (κ2) is 5.06. The highest BCUT2D eigenvalue weighted by atomic mass is 16.5. The van der Waals surface area contributed by atoms with Crippen molar-refractivity contribution in [1.29, 1.82) is 0 Å². The molecule has 7 heteroatoms. The molecule has 2 aromatic rings. The number of hydrogen-bond acceptors (Lipinski definition) is 7. The van der Waals surface area contributed by atoms with Crippen molar-refractivity contribution in [3.63, 3.8) is 0 Å². The molecule has 88 valence electrons. The Balaban J connectivity index is 2.22. The van der Waals surface area contributed by atoms with Gasteiger partial charge in [-0.2, -0.15) is 4.98 Å². The van der Waals surface area contributed by atoms with Crippen LogP contribution in [0.2, 0.25) is 0 Å². The summed E-state index contributed by atoms with van der Waals surface area (Å²) >= 11 is 0. The van der Waals surface area contributed by atoms with Gasteiger partial charge < -0.3 is 14.8 Å². The molecule has 0 spiro atoms. The van der Waals surface area contributed by atoms with Crippen LogP contribution in [0.4, 0.5) is 11.6 Å². The van der Waals surface area contributed by atoms with Crippen molar-refractivity contribution in [3.05, 3.63) is 24.8 Å². The minimum absolute atomic E-state index is 0.307. The van der Waals surface area contributed by atoms with E-state index in [1.807, 2.05) is 0 Å². The highest BCUT2D eigenvalue weighted by Crippen LogP contribution is 2.23. The maximum Gasteiger partial charge on any atom is 0.279 e. The Labute approximate surface area is 97.9 Å². The molecule has 17 heavy (non-hydrogen) atoms. The SMILES string of the molecule is COc1ncc(Nc2cnccn2)nc1OC. The van der Waals surface area contributed by atoms with E-state index in [2.05, 4.69) is 25.3 Å². The van der Waals surface area contributed by atoms with Crippen molar-refractivity contribution in [2.45, 2.75) is 0 Å². The number of aromatic nitrogens is 4. The van der Waals surface area contributed by atoms with Gasteiger partial charge in [-0.25, -0.2) is 9.97 Å². The molecule has 1 N–H and O–H groups in total. The summed E-state index contributed by atoms with van der Waals surface area (Å²) < 4.78 is 10.0. The molecule has 0 aliphatic heterocycles. The zero-order valence-electron chi connectivity index (χ0n) is 9.41. The molecule has 2 rings (SSSR count). The molecule has 0 aliphatic rings. The third kappa shape index (κ3) is 2.57. The predicted molar refractivity (Wildman–Crippen MR) is 60.5 cm³/mol. The average Bonchev–Trinajstić information content (AvgIpc) is 2.40. The largest absolute Gasteiger partial charge is 0.477 e. The van der Waals surface area contributed by atoms with Crippen molar-refractivity contribution >= 4 is 11.6 Å². The van der Waals surface area contributed by atoms with Crippen LogP contribution in [0.15, 0.2) is 24.8 Å². The molecule has 2 heterocycles. The molecule has 0 aliphatic carbocycles. The van der Waals surface area contributed by atoms with E-state index in [0.717, 1.165) is 0 Å². The standard InChI is InChI=1S/C10H11N5O2/c1-16-9-10(17-2)15-8(6-13-9)14-7-5-11-3-4-12-7/h3-6H,1-2H3,(H,12,14,15). The van der Waals surface area contributed by atoms with Crippen LogP contribution in [0.1, 0.15) is 0 Å². The molecular formula is C10H11N5O2. The Morgan fingerprint density at radius 2 is 1.76 bits per heavy atom. The third-order valence-electron chi connectivity index (χ3n) is 1.92. The molecule has 0 saturated heterocycles. The van der Waals surface area contributed by atoms with Crippen LogP contribution in [0.3, 0.4) is 0 Å². The van der Waals surface area contributed by atoms with Gasteiger partial charge in [-0.15, -0.1) is 0 Å². The van der Waals surface area contributed by atoms with Crippen LogP contribution in [0, 0.1) is 0 Å². The van der Waals surface area contributed by atoms with Crippen LogP contribution in [-0.4, -0.2) is 34.2 Å². The normalized spacial score (nSPS) is 9.76. The number of methoxy groups -OCH3 is 2. The Bertz CT molecular complexity index is 491. The molecule has 0 unspecified atom stereocenters. The first-order chi connectivity index (χ1) is 8.33. The van der Waals surface area contributed by atoms with E-state index in [9.17, 15) is 0 Å². The van der Waals surface area contributed by atoms with Gasteiger partial charge in [0, 0.05) is 12.4 Å². The summed E-state index contributed by atoms with van der Waals surface area (Å²) in [5.41, 5.74) is 0. The van der Waals surface area contributed by atoms with Gasteiger partial charge in [0.05, 0.1) is 26.6 Å². The summed E-state index contributed by atoms with van der Waals surface area (Å²) in [5, 5.41) is 2.95. The molecule has 0 saturated carbocycles. The van der Waals surface area contributed by atoms with Crippen molar-refractivity contribution in [2.24, 2.45) is 0 Å². The summed E-state index contributed by atoms with van der Waals surface area (Å²) in [4.78, 5) is 16.2. The van der Waals surface area contributed by atoms with Gasteiger partial charge in [0.15, 0.2) is 5.82 Å². The lowest BCUT2D eigenvalue weighted by Gasteiger charge is -2.07. The van der Waals surface area contributed by atoms with Gasteiger partial charge in [-0.05, 0) is 0 Å².